The van der Waals surface area contributed by atoms with Crippen molar-refractivity contribution in [3.05, 3.63) is 56.5 Å². The summed E-state index contributed by atoms with van der Waals surface area (Å²) in [5.74, 6) is -1.48. The fourth-order valence-electron chi connectivity index (χ4n) is 2.44. The van der Waals surface area contributed by atoms with Crippen LogP contribution in [-0.2, 0) is 17.6 Å². The first-order chi connectivity index (χ1) is 11.4. The maximum absolute atomic E-state index is 13.2. The van der Waals surface area contributed by atoms with E-state index in [1.807, 2.05) is 19.2 Å². The number of hydrogen-bond acceptors (Lipinski definition) is 5. The number of nitrogens with zero attached hydrogens (tertiary/aromatic N) is 2. The molecule has 0 amide bonds. The van der Waals surface area contributed by atoms with Gasteiger partial charge in [0.25, 0.3) is 0 Å². The van der Waals surface area contributed by atoms with Gasteiger partial charge in [-0.2, -0.15) is 0 Å². The zero-order valence-corrected chi connectivity index (χ0v) is 14.7. The van der Waals surface area contributed by atoms with Crippen LogP contribution in [0.2, 0.25) is 0 Å². The third-order valence-corrected chi connectivity index (χ3v) is 5.30. The van der Waals surface area contributed by atoms with E-state index < -0.39 is 11.6 Å². The molecule has 0 radical (unpaired) electrons. The van der Waals surface area contributed by atoms with Crippen molar-refractivity contribution in [3.8, 4) is 10.6 Å². The molecule has 0 aliphatic heterocycles. The Bertz CT molecular complexity index is 882. The fraction of sp³-hybridized carbons (Fsp3) is 0.235. The molecule has 2 heterocycles. The average Bonchev–Trinajstić information content (AvgIpc) is 3.03. The van der Waals surface area contributed by atoms with E-state index in [-0.39, 0.29) is 18.6 Å². The van der Waals surface area contributed by atoms with E-state index in [4.69, 9.17) is 0 Å². The lowest BCUT2D eigenvalue weighted by Crippen LogP contribution is -2.07. The molecule has 3 nitrogen and oxygen atoms in total. The highest BCUT2D eigenvalue weighted by Gasteiger charge is 2.14. The van der Waals surface area contributed by atoms with Crippen molar-refractivity contribution in [2.24, 2.45) is 0 Å². The minimum absolute atomic E-state index is 0.0116. The molecule has 0 N–H and O–H groups in total. The Balaban J connectivity index is 1.70. The van der Waals surface area contributed by atoms with Crippen LogP contribution in [0.25, 0.3) is 10.6 Å². The highest BCUT2D eigenvalue weighted by molar-refractivity contribution is 7.16. The first-order valence-corrected chi connectivity index (χ1v) is 8.96. The number of hydrogen-bond donors (Lipinski definition) is 0. The van der Waals surface area contributed by atoms with Crippen LogP contribution in [0.15, 0.2) is 23.6 Å². The minimum atomic E-state index is -0.676. The number of thiazole rings is 2. The van der Waals surface area contributed by atoms with Gasteiger partial charge in [0.2, 0.25) is 0 Å². The van der Waals surface area contributed by atoms with Gasteiger partial charge in [-0.15, -0.1) is 22.7 Å². The molecule has 124 valence electrons. The van der Waals surface area contributed by atoms with Crippen molar-refractivity contribution < 1.29 is 13.6 Å². The fourth-order valence-corrected chi connectivity index (χ4v) is 4.21. The summed E-state index contributed by atoms with van der Waals surface area (Å²) in [6.07, 6.45) is 0.141. The topological polar surface area (TPSA) is 42.9 Å². The van der Waals surface area contributed by atoms with Gasteiger partial charge in [0, 0.05) is 17.9 Å². The summed E-state index contributed by atoms with van der Waals surface area (Å²) in [5, 5.41) is 3.57. The van der Waals surface area contributed by atoms with Crippen molar-refractivity contribution in [2.45, 2.75) is 26.7 Å². The van der Waals surface area contributed by atoms with Crippen LogP contribution >= 0.6 is 22.7 Å². The standard InChI is InChI=1S/C17H14F2N2OS2/c1-9-17(24-10(2)20-9)15-8-23-16(21-15)7-14(22)5-11-3-12(18)6-13(19)4-11/h3-4,6,8H,5,7H2,1-2H3. The normalized spacial score (nSPS) is 11.0. The molecule has 0 fully saturated rings. The predicted octanol–water partition coefficient (Wildman–Crippen LogP) is 4.52. The summed E-state index contributed by atoms with van der Waals surface area (Å²) in [6.45, 7) is 3.87. The van der Waals surface area contributed by atoms with Gasteiger partial charge >= 0.3 is 0 Å². The van der Waals surface area contributed by atoms with Gasteiger partial charge < -0.3 is 0 Å². The second kappa shape index (κ2) is 6.86. The summed E-state index contributed by atoms with van der Waals surface area (Å²) in [5.41, 5.74) is 2.09. The molecular formula is C17H14F2N2OS2. The molecule has 3 rings (SSSR count). The molecule has 0 atom stereocenters. The Morgan fingerprint density at radius 2 is 1.79 bits per heavy atom. The molecular weight excluding hydrogens is 350 g/mol. The molecule has 0 unspecified atom stereocenters. The minimum Gasteiger partial charge on any atom is -0.299 e. The zero-order chi connectivity index (χ0) is 17.3. The summed E-state index contributed by atoms with van der Waals surface area (Å²) < 4.78 is 26.3. The number of ketones is 1. The van der Waals surface area contributed by atoms with Crippen LogP contribution in [-0.4, -0.2) is 15.8 Å². The Kier molecular flexibility index (Phi) is 4.82. The van der Waals surface area contributed by atoms with E-state index in [0.29, 0.717) is 10.6 Å². The SMILES string of the molecule is Cc1nc(C)c(-c2csc(CC(=O)Cc3cc(F)cc(F)c3)n2)s1. The maximum atomic E-state index is 13.2. The molecule has 0 aliphatic rings. The van der Waals surface area contributed by atoms with E-state index in [0.717, 1.165) is 27.3 Å². The third-order valence-electron chi connectivity index (χ3n) is 3.36. The van der Waals surface area contributed by atoms with Crippen molar-refractivity contribution in [1.29, 1.82) is 0 Å². The number of Topliss-reactive ketones (excluding diaryl/α,β-unsaturated/α-hetero) is 1. The van der Waals surface area contributed by atoms with Crippen LogP contribution < -0.4 is 0 Å². The van der Waals surface area contributed by atoms with Crippen LogP contribution in [0.3, 0.4) is 0 Å². The number of halogens is 2. The molecule has 0 saturated carbocycles. The van der Waals surface area contributed by atoms with Crippen LogP contribution in [0, 0.1) is 25.5 Å². The van der Waals surface area contributed by atoms with Gasteiger partial charge in [-0.05, 0) is 31.5 Å². The van der Waals surface area contributed by atoms with Gasteiger partial charge in [-0.1, -0.05) is 0 Å². The molecule has 7 heteroatoms. The van der Waals surface area contributed by atoms with Gasteiger partial charge in [-0.3, -0.25) is 4.79 Å². The van der Waals surface area contributed by atoms with Gasteiger partial charge in [0.15, 0.2) is 0 Å². The Hall–Kier alpha value is -1.99. The number of carbonyl (C=O) groups is 1. The van der Waals surface area contributed by atoms with Crippen molar-refractivity contribution in [2.75, 3.05) is 0 Å². The number of carbonyl (C=O) groups excluding carboxylic acids is 1. The lowest BCUT2D eigenvalue weighted by Gasteiger charge is -2.01. The van der Waals surface area contributed by atoms with Gasteiger partial charge in [0.05, 0.1) is 27.7 Å². The van der Waals surface area contributed by atoms with Gasteiger partial charge in [0.1, 0.15) is 22.4 Å². The maximum Gasteiger partial charge on any atom is 0.144 e. The number of aryl methyl sites for hydroxylation is 2. The first kappa shape index (κ1) is 16.9. The smallest absolute Gasteiger partial charge is 0.144 e. The quantitative estimate of drug-likeness (QED) is 0.669. The van der Waals surface area contributed by atoms with E-state index in [2.05, 4.69) is 9.97 Å². The van der Waals surface area contributed by atoms with E-state index in [1.165, 1.54) is 23.5 Å². The summed E-state index contributed by atoms with van der Waals surface area (Å²) in [4.78, 5) is 22.0. The molecule has 1 aromatic carbocycles. The first-order valence-electron chi connectivity index (χ1n) is 7.26. The second-order valence-corrected chi connectivity index (χ2v) is 7.59. The largest absolute Gasteiger partial charge is 0.299 e. The lowest BCUT2D eigenvalue weighted by molar-refractivity contribution is -0.117. The van der Waals surface area contributed by atoms with Crippen LogP contribution in [0.4, 0.5) is 8.78 Å². The van der Waals surface area contributed by atoms with Crippen LogP contribution in [0.5, 0.6) is 0 Å². The van der Waals surface area contributed by atoms with E-state index in [1.54, 1.807) is 11.3 Å². The van der Waals surface area contributed by atoms with Crippen molar-refractivity contribution in [1.82, 2.24) is 9.97 Å². The zero-order valence-electron chi connectivity index (χ0n) is 13.1. The molecule has 0 aliphatic carbocycles. The summed E-state index contributed by atoms with van der Waals surface area (Å²) in [6, 6.07) is 3.15. The highest BCUT2D eigenvalue weighted by atomic mass is 32.1. The molecule has 24 heavy (non-hydrogen) atoms. The summed E-state index contributed by atoms with van der Waals surface area (Å²) in [7, 11) is 0. The second-order valence-electron chi connectivity index (χ2n) is 5.44. The highest BCUT2D eigenvalue weighted by Crippen LogP contribution is 2.30. The Morgan fingerprint density at radius 1 is 1.08 bits per heavy atom. The van der Waals surface area contributed by atoms with E-state index in [9.17, 15) is 13.6 Å². The van der Waals surface area contributed by atoms with Gasteiger partial charge in [-0.25, -0.2) is 18.7 Å². The molecule has 0 bridgehead atoms. The van der Waals surface area contributed by atoms with Crippen molar-refractivity contribution >= 4 is 28.5 Å². The number of benzene rings is 1. The molecule has 0 spiro atoms. The summed E-state index contributed by atoms with van der Waals surface area (Å²) >= 11 is 2.98. The third kappa shape index (κ3) is 3.91. The molecule has 3 aromatic rings. The molecule has 2 aromatic heterocycles. The van der Waals surface area contributed by atoms with E-state index >= 15 is 0 Å². The predicted molar refractivity (Wildman–Crippen MR) is 91.5 cm³/mol. The number of rotatable bonds is 5. The Labute approximate surface area is 146 Å². The Morgan fingerprint density at radius 3 is 2.42 bits per heavy atom. The lowest BCUT2D eigenvalue weighted by atomic mass is 10.1. The number of aromatic nitrogens is 2. The average molecular weight is 364 g/mol. The van der Waals surface area contributed by atoms with Crippen LogP contribution in [0.1, 0.15) is 21.3 Å². The molecule has 0 saturated heterocycles. The monoisotopic (exact) mass is 364 g/mol. The van der Waals surface area contributed by atoms with Crippen molar-refractivity contribution in [3.63, 3.8) is 0 Å².